The molecule has 6 rings (SSSR count). The normalized spacial score (nSPS) is 14.9. The van der Waals surface area contributed by atoms with Gasteiger partial charge in [-0.15, -0.1) is 10.2 Å². The molecule has 18 heteroatoms. The summed E-state index contributed by atoms with van der Waals surface area (Å²) in [5.74, 6) is 0.286. The molecule has 0 amide bonds. The number of benzene rings is 2. The highest BCUT2D eigenvalue weighted by atomic mass is 35.5. The van der Waals surface area contributed by atoms with Crippen molar-refractivity contribution in [3.05, 3.63) is 70.2 Å². The highest BCUT2D eigenvalue weighted by Crippen LogP contribution is 2.21. The van der Waals surface area contributed by atoms with Gasteiger partial charge in [-0.1, -0.05) is 60.6 Å². The molecule has 14 nitrogen and oxygen atoms in total. The first kappa shape index (κ1) is 41.5. The Morgan fingerprint density at radius 1 is 0.654 bits per heavy atom. The number of aryl methyl sites for hydroxylation is 2. The number of halogens is 2. The Labute approximate surface area is 321 Å². The van der Waals surface area contributed by atoms with Gasteiger partial charge in [0.2, 0.25) is 10.3 Å². The van der Waals surface area contributed by atoms with Crippen molar-refractivity contribution in [1.82, 2.24) is 39.3 Å². The van der Waals surface area contributed by atoms with Crippen LogP contribution < -0.4 is 0 Å². The Morgan fingerprint density at radius 3 is 1.31 bits per heavy atom. The molecule has 2 saturated heterocycles. The summed E-state index contributed by atoms with van der Waals surface area (Å²) in [6, 6.07) is 15.4. The van der Waals surface area contributed by atoms with Crippen LogP contribution in [0.1, 0.15) is 25.5 Å². The first-order chi connectivity index (χ1) is 25.2. The third-order valence-electron chi connectivity index (χ3n) is 7.75. The van der Waals surface area contributed by atoms with E-state index in [2.05, 4.69) is 43.8 Å². The molecule has 4 heterocycles. The van der Waals surface area contributed by atoms with E-state index in [0.29, 0.717) is 0 Å². The minimum Gasteiger partial charge on any atom is -0.473 e. The molecule has 0 unspecified atom stereocenters. The summed E-state index contributed by atoms with van der Waals surface area (Å²) in [5.41, 5.74) is 2.00. The van der Waals surface area contributed by atoms with Crippen LogP contribution in [0.5, 0.6) is 0 Å². The van der Waals surface area contributed by atoms with Gasteiger partial charge in [-0.3, -0.25) is 9.80 Å². The summed E-state index contributed by atoms with van der Waals surface area (Å²) in [6.07, 6.45) is 1.69. The van der Waals surface area contributed by atoms with Crippen LogP contribution in [0.25, 0.3) is 11.4 Å². The van der Waals surface area contributed by atoms with Crippen molar-refractivity contribution in [3.63, 3.8) is 0 Å². The topological polar surface area (TPSA) is 161 Å². The second kappa shape index (κ2) is 22.1. The molecule has 2 N–H and O–H groups in total. The smallest absolute Gasteiger partial charge is 0.414 e. The van der Waals surface area contributed by atoms with Crippen LogP contribution in [0.3, 0.4) is 0 Å². The molecule has 52 heavy (non-hydrogen) atoms. The van der Waals surface area contributed by atoms with Gasteiger partial charge in [-0.05, 0) is 48.5 Å². The van der Waals surface area contributed by atoms with Crippen LogP contribution >= 0.6 is 46.7 Å². The highest BCUT2D eigenvalue weighted by Gasteiger charge is 2.15. The van der Waals surface area contributed by atoms with E-state index in [-0.39, 0.29) is 0 Å². The number of hydrogen-bond donors (Lipinski definition) is 2. The van der Waals surface area contributed by atoms with Gasteiger partial charge in [0.05, 0.1) is 37.8 Å². The minimum absolute atomic E-state index is 0.729. The highest BCUT2D eigenvalue weighted by molar-refractivity contribution is 7.99. The lowest BCUT2D eigenvalue weighted by atomic mass is 10.3. The average Bonchev–Trinajstić information content (AvgIpc) is 3.78. The summed E-state index contributed by atoms with van der Waals surface area (Å²) < 4.78 is 14.6. The second-order valence-corrected chi connectivity index (χ2v) is 14.3. The van der Waals surface area contributed by atoms with Crippen molar-refractivity contribution >= 4 is 58.7 Å². The van der Waals surface area contributed by atoms with Gasteiger partial charge in [0.25, 0.3) is 0 Å². The number of hydrogen-bond acceptors (Lipinski definition) is 12. The molecule has 0 bridgehead atoms. The number of nitrogens with zero attached hydrogens (tertiary/aromatic N) is 8. The van der Waals surface area contributed by atoms with Gasteiger partial charge in [-0.25, -0.2) is 28.9 Å². The Bertz CT molecular complexity index is 1560. The van der Waals surface area contributed by atoms with E-state index in [1.54, 1.807) is 23.5 Å². The summed E-state index contributed by atoms with van der Waals surface area (Å²) >= 11 is 15.3. The number of carboxylic acid groups (broad SMARTS) is 2. The van der Waals surface area contributed by atoms with Crippen LogP contribution in [0.4, 0.5) is 0 Å². The molecule has 0 spiro atoms. The molecule has 282 valence electrons. The van der Waals surface area contributed by atoms with Crippen molar-refractivity contribution in [2.45, 2.75) is 37.0 Å². The molecular formula is C34H44Cl2N8O6S2. The van der Waals surface area contributed by atoms with Crippen molar-refractivity contribution in [2.75, 3.05) is 77.2 Å². The lowest BCUT2D eigenvalue weighted by molar-refractivity contribution is -0.159. The first-order valence-electron chi connectivity index (χ1n) is 16.9. The third kappa shape index (κ3) is 13.6. The molecular weight excluding hydrogens is 751 g/mol. The molecule has 0 radical (unpaired) electrons. The summed E-state index contributed by atoms with van der Waals surface area (Å²) in [4.78, 5) is 32.3. The molecule has 4 aromatic rings. The summed E-state index contributed by atoms with van der Waals surface area (Å²) in [7, 11) is 0. The number of rotatable bonds is 12. The quantitative estimate of drug-likeness (QED) is 0.146. The van der Waals surface area contributed by atoms with Gasteiger partial charge < -0.3 is 19.7 Å². The van der Waals surface area contributed by atoms with Crippen LogP contribution in [0.15, 0.2) is 58.8 Å². The lowest BCUT2D eigenvalue weighted by Crippen LogP contribution is -2.37. The largest absolute Gasteiger partial charge is 0.473 e. The van der Waals surface area contributed by atoms with E-state index in [9.17, 15) is 0 Å². The fourth-order valence-corrected chi connectivity index (χ4v) is 6.92. The number of morpholine rings is 2. The predicted octanol–water partition coefficient (Wildman–Crippen LogP) is 4.97. The predicted molar refractivity (Wildman–Crippen MR) is 203 cm³/mol. The average molecular weight is 796 g/mol. The second-order valence-electron chi connectivity index (χ2n) is 11.3. The first-order valence-corrected chi connectivity index (χ1v) is 19.6. The molecule has 0 aliphatic carbocycles. The zero-order chi connectivity index (χ0) is 37.3. The fraction of sp³-hybridized carbons (Fsp3) is 0.471. The van der Waals surface area contributed by atoms with E-state index >= 15 is 0 Å². The van der Waals surface area contributed by atoms with Crippen molar-refractivity contribution in [3.8, 4) is 11.4 Å². The maximum absolute atomic E-state index is 9.10. The Hall–Kier alpha value is -3.22. The Kier molecular flexibility index (Phi) is 17.7. The van der Waals surface area contributed by atoms with Crippen molar-refractivity contribution in [1.29, 1.82) is 0 Å². The number of ether oxygens (including phenoxy) is 2. The maximum Gasteiger partial charge on any atom is 0.414 e. The van der Waals surface area contributed by atoms with Gasteiger partial charge >= 0.3 is 11.9 Å². The van der Waals surface area contributed by atoms with E-state index in [1.807, 2.05) is 57.9 Å². The van der Waals surface area contributed by atoms with Crippen molar-refractivity contribution < 1.29 is 29.3 Å². The van der Waals surface area contributed by atoms with Crippen LogP contribution in [0.2, 0.25) is 10.0 Å². The van der Waals surface area contributed by atoms with E-state index in [4.69, 9.17) is 52.5 Å². The SMILES string of the molecule is CCc1nc(SCCN2CCOCC2)nn1-c1ccc(Cl)cc1.CCc1nc(SCCN2CCOCC2)nn1-c1ccc(Cl)cc1.O=C(O)C(=O)O. The zero-order valence-corrected chi connectivity index (χ0v) is 32.3. The van der Waals surface area contributed by atoms with Crippen LogP contribution in [-0.4, -0.2) is 139 Å². The van der Waals surface area contributed by atoms with Gasteiger partial charge in [0, 0.05) is 73.7 Å². The van der Waals surface area contributed by atoms with Gasteiger partial charge in [0.15, 0.2) is 0 Å². The molecule has 0 atom stereocenters. The number of aliphatic carboxylic acids is 2. The van der Waals surface area contributed by atoms with E-state index in [0.717, 1.165) is 133 Å². The molecule has 2 aliphatic rings. The lowest BCUT2D eigenvalue weighted by Gasteiger charge is -2.25. The minimum atomic E-state index is -1.82. The molecule has 2 fully saturated rings. The van der Waals surface area contributed by atoms with E-state index < -0.39 is 11.9 Å². The Balaban J connectivity index is 0.000000202. The Morgan fingerprint density at radius 2 is 1.00 bits per heavy atom. The third-order valence-corrected chi connectivity index (χ3v) is 9.89. The number of thioether (sulfide) groups is 2. The maximum atomic E-state index is 9.10. The molecule has 2 aromatic heterocycles. The monoisotopic (exact) mass is 794 g/mol. The number of carbonyl (C=O) groups is 2. The zero-order valence-electron chi connectivity index (χ0n) is 29.2. The van der Waals surface area contributed by atoms with Gasteiger partial charge in [0.1, 0.15) is 11.6 Å². The van der Waals surface area contributed by atoms with Crippen molar-refractivity contribution in [2.24, 2.45) is 0 Å². The number of aromatic nitrogens is 6. The standard InChI is InChI=1S/2C16H21ClN4OS.C2H2O4/c2*1-2-15-18-16(23-12-9-20-7-10-22-11-8-20)19-21(15)14-5-3-13(17)4-6-14;3-1(4)2(5)6/h2*3-6H,2,7-12H2,1H3;(H,3,4)(H,5,6). The van der Waals surface area contributed by atoms with E-state index in [1.165, 1.54) is 0 Å². The summed E-state index contributed by atoms with van der Waals surface area (Å²) in [5, 5.41) is 27.2. The summed E-state index contributed by atoms with van der Waals surface area (Å²) in [6.45, 7) is 13.7. The fourth-order valence-electron chi connectivity index (χ4n) is 4.99. The van der Waals surface area contributed by atoms with Crippen LogP contribution in [-0.2, 0) is 31.9 Å². The molecule has 2 aromatic carbocycles. The van der Waals surface area contributed by atoms with Crippen LogP contribution in [0, 0.1) is 0 Å². The van der Waals surface area contributed by atoms with Gasteiger partial charge in [-0.2, -0.15) is 0 Å². The molecule has 2 aliphatic heterocycles. The number of carboxylic acids is 2. The molecule has 0 saturated carbocycles.